The van der Waals surface area contributed by atoms with Crippen LogP contribution in [0, 0.1) is 24.7 Å². The van der Waals surface area contributed by atoms with Crippen LogP contribution in [0.1, 0.15) is 35.8 Å². The standard InChI is InChI=1S/C22H25F3N4O/c1-12-18(22(23,24)25)4-14(5-26-12)19-9-29(6-13-2-3-13)21(27-19)20-16-7-28(8-17(16)20)15-10-30-11-15/h4-5,9,13,15-17,20H,2-3,6-8,10-11H2,1H3/t16-,17+,20+. The molecule has 0 spiro atoms. The maximum atomic E-state index is 13.4. The molecule has 8 heteroatoms. The molecule has 0 bridgehead atoms. The fraction of sp³-hybridized carbons (Fsp3) is 0.636. The van der Waals surface area contributed by atoms with Crippen molar-refractivity contribution in [3.05, 3.63) is 35.5 Å². The van der Waals surface area contributed by atoms with E-state index < -0.39 is 11.7 Å². The van der Waals surface area contributed by atoms with Gasteiger partial charge in [0, 0.05) is 49.2 Å². The van der Waals surface area contributed by atoms with Crippen molar-refractivity contribution in [3.63, 3.8) is 0 Å². The monoisotopic (exact) mass is 418 g/mol. The Balaban J connectivity index is 1.29. The van der Waals surface area contributed by atoms with Gasteiger partial charge in [-0.15, -0.1) is 0 Å². The number of hydrogen-bond acceptors (Lipinski definition) is 4. The summed E-state index contributed by atoms with van der Waals surface area (Å²) in [6, 6.07) is 1.77. The van der Waals surface area contributed by atoms with Crippen LogP contribution in [0.4, 0.5) is 13.2 Å². The molecule has 0 radical (unpaired) electrons. The number of halogens is 3. The summed E-state index contributed by atoms with van der Waals surface area (Å²) >= 11 is 0. The minimum Gasteiger partial charge on any atom is -0.378 e. The summed E-state index contributed by atoms with van der Waals surface area (Å²) in [5, 5.41) is 0. The molecule has 2 saturated heterocycles. The Morgan fingerprint density at radius 1 is 1.17 bits per heavy atom. The number of rotatable bonds is 5. The Labute approximate surface area is 173 Å². The maximum Gasteiger partial charge on any atom is 0.418 e. The highest BCUT2D eigenvalue weighted by Crippen LogP contribution is 2.58. The summed E-state index contributed by atoms with van der Waals surface area (Å²) in [6.07, 6.45) is 1.51. The fourth-order valence-corrected chi connectivity index (χ4v) is 5.19. The third kappa shape index (κ3) is 3.15. The third-order valence-electron chi connectivity index (χ3n) is 7.30. The number of imidazole rings is 1. The van der Waals surface area contributed by atoms with Gasteiger partial charge in [0.2, 0.25) is 0 Å². The van der Waals surface area contributed by atoms with Crippen LogP contribution in [0.5, 0.6) is 0 Å². The molecule has 0 unspecified atom stereocenters. The fourth-order valence-electron chi connectivity index (χ4n) is 5.19. The molecule has 2 aromatic rings. The van der Waals surface area contributed by atoms with Gasteiger partial charge in [0.15, 0.2) is 0 Å². The average Bonchev–Trinajstić information content (AvgIpc) is 3.48. The minimum atomic E-state index is -4.41. The molecular formula is C22H25F3N4O. The van der Waals surface area contributed by atoms with E-state index in [9.17, 15) is 13.2 Å². The van der Waals surface area contributed by atoms with Gasteiger partial charge in [0.05, 0.1) is 30.5 Å². The lowest BCUT2D eigenvalue weighted by atomic mass is 10.1. The summed E-state index contributed by atoms with van der Waals surface area (Å²) in [7, 11) is 0. The predicted octanol–water partition coefficient (Wildman–Crippen LogP) is 3.73. The third-order valence-corrected chi connectivity index (χ3v) is 7.30. The molecule has 2 aliphatic carbocycles. The molecule has 5 nitrogen and oxygen atoms in total. The summed E-state index contributed by atoms with van der Waals surface area (Å²) in [5.41, 5.74) is 0.376. The van der Waals surface area contributed by atoms with Crippen molar-refractivity contribution in [2.24, 2.45) is 17.8 Å². The highest BCUT2D eigenvalue weighted by molar-refractivity contribution is 5.59. The molecule has 0 aromatic carbocycles. The molecule has 2 aliphatic heterocycles. The van der Waals surface area contributed by atoms with E-state index in [1.807, 2.05) is 6.20 Å². The lowest BCUT2D eigenvalue weighted by Gasteiger charge is -2.35. The van der Waals surface area contributed by atoms with Crippen molar-refractivity contribution in [1.82, 2.24) is 19.4 Å². The Kier molecular flexibility index (Phi) is 4.10. The highest BCUT2D eigenvalue weighted by atomic mass is 19.4. The van der Waals surface area contributed by atoms with Gasteiger partial charge in [-0.2, -0.15) is 13.2 Å². The van der Waals surface area contributed by atoms with E-state index in [4.69, 9.17) is 9.72 Å². The van der Waals surface area contributed by atoms with Crippen LogP contribution in [-0.2, 0) is 17.5 Å². The first-order chi connectivity index (χ1) is 14.4. The molecule has 2 aromatic heterocycles. The molecule has 3 atom stereocenters. The Bertz CT molecular complexity index is 967. The number of alkyl halides is 3. The van der Waals surface area contributed by atoms with Crippen molar-refractivity contribution in [3.8, 4) is 11.3 Å². The molecule has 4 aliphatic rings. The number of aromatic nitrogens is 3. The summed E-state index contributed by atoms with van der Waals surface area (Å²) in [5.74, 6) is 3.39. The smallest absolute Gasteiger partial charge is 0.378 e. The zero-order valence-electron chi connectivity index (χ0n) is 16.9. The van der Waals surface area contributed by atoms with Crippen molar-refractivity contribution in [2.45, 2.75) is 44.4 Å². The number of likely N-dealkylation sites (tertiary alicyclic amines) is 1. The van der Waals surface area contributed by atoms with E-state index >= 15 is 0 Å². The van der Waals surface area contributed by atoms with E-state index in [2.05, 4.69) is 14.5 Å². The molecule has 4 fully saturated rings. The van der Waals surface area contributed by atoms with Gasteiger partial charge in [-0.05, 0) is 43.6 Å². The second-order valence-electron chi connectivity index (χ2n) is 9.43. The first-order valence-corrected chi connectivity index (χ1v) is 10.8. The zero-order chi connectivity index (χ0) is 20.6. The number of hydrogen-bond donors (Lipinski definition) is 0. The van der Waals surface area contributed by atoms with Crippen LogP contribution in [-0.4, -0.2) is 51.8 Å². The minimum absolute atomic E-state index is 0.000627. The Hall–Kier alpha value is -1.93. The van der Waals surface area contributed by atoms with Crippen LogP contribution >= 0.6 is 0 Å². The molecule has 0 N–H and O–H groups in total. The SMILES string of the molecule is Cc1ncc(-c2cn(CC3CC3)c([C@H]3[C@@H]4CN(C5COC5)C[C@@H]43)n2)cc1C(F)(F)F. The van der Waals surface area contributed by atoms with Crippen LogP contribution in [0.15, 0.2) is 18.5 Å². The second kappa shape index (κ2) is 6.53. The van der Waals surface area contributed by atoms with Crippen LogP contribution in [0.3, 0.4) is 0 Å². The van der Waals surface area contributed by atoms with Gasteiger partial charge in [-0.1, -0.05) is 0 Å². The summed E-state index contributed by atoms with van der Waals surface area (Å²) in [4.78, 5) is 11.4. The van der Waals surface area contributed by atoms with Gasteiger partial charge in [-0.25, -0.2) is 4.98 Å². The highest BCUT2D eigenvalue weighted by Gasteiger charge is 2.59. The zero-order valence-corrected chi connectivity index (χ0v) is 16.9. The molecular weight excluding hydrogens is 393 g/mol. The normalized spacial score (nSPS) is 29.1. The largest absolute Gasteiger partial charge is 0.418 e. The van der Waals surface area contributed by atoms with Gasteiger partial charge in [0.1, 0.15) is 5.82 Å². The summed E-state index contributed by atoms with van der Waals surface area (Å²) in [6.45, 7) is 6.16. The van der Waals surface area contributed by atoms with Gasteiger partial charge in [-0.3, -0.25) is 9.88 Å². The van der Waals surface area contributed by atoms with E-state index in [1.54, 1.807) is 0 Å². The van der Waals surface area contributed by atoms with E-state index in [1.165, 1.54) is 32.0 Å². The lowest BCUT2D eigenvalue weighted by molar-refractivity contribution is -0.138. The van der Waals surface area contributed by atoms with Crippen molar-refractivity contribution in [1.29, 1.82) is 0 Å². The van der Waals surface area contributed by atoms with Crippen molar-refractivity contribution < 1.29 is 17.9 Å². The first kappa shape index (κ1) is 18.8. The molecule has 0 amide bonds. The van der Waals surface area contributed by atoms with Crippen LogP contribution in [0.2, 0.25) is 0 Å². The van der Waals surface area contributed by atoms with Crippen molar-refractivity contribution >= 4 is 0 Å². The van der Waals surface area contributed by atoms with E-state index in [0.717, 1.165) is 38.7 Å². The number of piperidine rings is 1. The first-order valence-electron chi connectivity index (χ1n) is 10.8. The second-order valence-corrected chi connectivity index (χ2v) is 9.43. The van der Waals surface area contributed by atoms with Crippen LogP contribution < -0.4 is 0 Å². The number of ether oxygens (including phenoxy) is 1. The number of pyridine rings is 1. The predicted molar refractivity (Wildman–Crippen MR) is 104 cm³/mol. The van der Waals surface area contributed by atoms with Gasteiger partial charge in [0.25, 0.3) is 0 Å². The Morgan fingerprint density at radius 2 is 1.90 bits per heavy atom. The lowest BCUT2D eigenvalue weighted by Crippen LogP contribution is -2.48. The summed E-state index contributed by atoms with van der Waals surface area (Å²) < 4.78 is 47.6. The molecule has 4 heterocycles. The molecule has 160 valence electrons. The van der Waals surface area contributed by atoms with Gasteiger partial charge >= 0.3 is 6.18 Å². The number of fused-ring (bicyclic) bond motifs is 1. The number of nitrogens with zero attached hydrogens (tertiary/aromatic N) is 4. The topological polar surface area (TPSA) is 43.2 Å². The number of aryl methyl sites for hydroxylation is 1. The van der Waals surface area contributed by atoms with Gasteiger partial charge < -0.3 is 9.30 Å². The Morgan fingerprint density at radius 3 is 2.50 bits per heavy atom. The molecule has 30 heavy (non-hydrogen) atoms. The van der Waals surface area contributed by atoms with Crippen LogP contribution in [0.25, 0.3) is 11.3 Å². The van der Waals surface area contributed by atoms with E-state index in [-0.39, 0.29) is 5.69 Å². The average molecular weight is 418 g/mol. The van der Waals surface area contributed by atoms with E-state index in [0.29, 0.717) is 41.0 Å². The quantitative estimate of drug-likeness (QED) is 0.742. The van der Waals surface area contributed by atoms with Crippen molar-refractivity contribution in [2.75, 3.05) is 26.3 Å². The molecule has 6 rings (SSSR count). The maximum absolute atomic E-state index is 13.4. The molecule has 2 saturated carbocycles.